The lowest BCUT2D eigenvalue weighted by atomic mass is 9.96. The first-order chi connectivity index (χ1) is 15.6. The first-order valence-corrected chi connectivity index (χ1v) is 11.2. The van der Waals surface area contributed by atoms with Crippen molar-refractivity contribution >= 4 is 41.5 Å². The maximum absolute atomic E-state index is 12.8. The number of amides is 2. The van der Waals surface area contributed by atoms with E-state index in [1.165, 1.54) is 23.8 Å². The summed E-state index contributed by atoms with van der Waals surface area (Å²) in [4.78, 5) is 61.9. The molecule has 1 aromatic rings. The maximum Gasteiger partial charge on any atom is 0.333 e. The van der Waals surface area contributed by atoms with Crippen molar-refractivity contribution < 1.29 is 38.2 Å². The molecule has 0 aliphatic carbocycles. The smallest absolute Gasteiger partial charge is 0.333 e. The Balaban J connectivity index is 1.51. The minimum absolute atomic E-state index is 0.142. The van der Waals surface area contributed by atoms with Crippen LogP contribution >= 0.6 is 11.8 Å². The lowest BCUT2D eigenvalue weighted by molar-refractivity contribution is -0.177. The molecule has 3 rings (SSSR count). The van der Waals surface area contributed by atoms with Gasteiger partial charge in [-0.15, -0.1) is 11.8 Å². The topological polar surface area (TPSA) is 128 Å². The van der Waals surface area contributed by atoms with Crippen LogP contribution in [0.25, 0.3) is 0 Å². The molecule has 1 N–H and O–H groups in total. The second-order valence-electron chi connectivity index (χ2n) is 8.14. The summed E-state index contributed by atoms with van der Waals surface area (Å²) in [7, 11) is 1.21. The van der Waals surface area contributed by atoms with Crippen molar-refractivity contribution in [2.45, 2.75) is 55.3 Å². The highest BCUT2D eigenvalue weighted by Crippen LogP contribution is 2.51. The number of nitrogens with zero attached hydrogens (tertiary/aromatic N) is 1. The Kier molecular flexibility index (Phi) is 7.62. The SMILES string of the molecule is COC(=O)CCC(=O)OCOC(=O)C1N2C(=O)[C@@H](NC(=O)Cc3ccccc3)[C@H]2SC1(C)C. The van der Waals surface area contributed by atoms with Crippen molar-refractivity contribution in [3.8, 4) is 0 Å². The van der Waals surface area contributed by atoms with Crippen LogP contribution in [0.1, 0.15) is 32.3 Å². The molecule has 0 saturated carbocycles. The number of fused-ring (bicyclic) bond motifs is 1. The lowest BCUT2D eigenvalue weighted by Gasteiger charge is -2.43. The number of nitrogens with one attached hydrogen (secondary N) is 1. The van der Waals surface area contributed by atoms with E-state index in [4.69, 9.17) is 9.47 Å². The van der Waals surface area contributed by atoms with Crippen LogP contribution in [0.4, 0.5) is 0 Å². The van der Waals surface area contributed by atoms with Crippen LogP contribution in [0, 0.1) is 0 Å². The van der Waals surface area contributed by atoms with E-state index in [0.717, 1.165) is 5.56 Å². The molecule has 10 nitrogen and oxygen atoms in total. The van der Waals surface area contributed by atoms with Gasteiger partial charge in [-0.05, 0) is 19.4 Å². The van der Waals surface area contributed by atoms with E-state index >= 15 is 0 Å². The number of benzene rings is 1. The molecular weight excluding hydrogens is 452 g/mol. The molecule has 1 unspecified atom stereocenters. The summed E-state index contributed by atoms with van der Waals surface area (Å²) in [5.74, 6) is -2.62. The first-order valence-electron chi connectivity index (χ1n) is 10.4. The van der Waals surface area contributed by atoms with Gasteiger partial charge >= 0.3 is 17.9 Å². The van der Waals surface area contributed by atoms with Gasteiger partial charge in [0.05, 0.1) is 26.4 Å². The van der Waals surface area contributed by atoms with Gasteiger partial charge in [0.1, 0.15) is 17.5 Å². The summed E-state index contributed by atoms with van der Waals surface area (Å²) in [6.07, 6.45) is -0.193. The van der Waals surface area contributed by atoms with Crippen molar-refractivity contribution in [1.29, 1.82) is 0 Å². The quantitative estimate of drug-likeness (QED) is 0.311. The molecule has 2 saturated heterocycles. The summed E-state index contributed by atoms with van der Waals surface area (Å²) < 4.78 is 13.6. The average Bonchev–Trinajstić information content (AvgIpc) is 3.04. The van der Waals surface area contributed by atoms with Gasteiger partial charge in [-0.1, -0.05) is 30.3 Å². The van der Waals surface area contributed by atoms with E-state index < -0.39 is 46.9 Å². The van der Waals surface area contributed by atoms with Crippen LogP contribution in [-0.2, 0) is 44.6 Å². The van der Waals surface area contributed by atoms with E-state index in [-0.39, 0.29) is 31.1 Å². The van der Waals surface area contributed by atoms with E-state index in [2.05, 4.69) is 10.1 Å². The molecule has 11 heteroatoms. The highest BCUT2D eigenvalue weighted by molar-refractivity contribution is 8.01. The zero-order chi connectivity index (χ0) is 24.2. The first kappa shape index (κ1) is 24.6. The average molecular weight is 479 g/mol. The van der Waals surface area contributed by atoms with Crippen molar-refractivity contribution in [3.63, 3.8) is 0 Å². The molecule has 1 aromatic carbocycles. The van der Waals surface area contributed by atoms with E-state index in [1.807, 2.05) is 30.3 Å². The minimum Gasteiger partial charge on any atom is -0.469 e. The number of carbonyl (C=O) groups excluding carboxylic acids is 5. The summed E-state index contributed by atoms with van der Waals surface area (Å²) in [6.45, 7) is 2.99. The highest BCUT2D eigenvalue weighted by atomic mass is 32.2. The number of carbonyl (C=O) groups is 5. The fourth-order valence-electron chi connectivity index (χ4n) is 3.74. The number of thioether (sulfide) groups is 1. The van der Waals surface area contributed by atoms with Gasteiger partial charge in [0.15, 0.2) is 0 Å². The molecule has 2 aliphatic heterocycles. The summed E-state index contributed by atoms with van der Waals surface area (Å²) in [5, 5.41) is 2.36. The number of esters is 3. The van der Waals surface area contributed by atoms with E-state index in [0.29, 0.717) is 0 Å². The summed E-state index contributed by atoms with van der Waals surface area (Å²) in [6, 6.07) is 7.57. The van der Waals surface area contributed by atoms with Gasteiger partial charge in [-0.2, -0.15) is 0 Å². The normalized spacial score (nSPS) is 22.6. The number of β-lactam (4-membered cyclic amide) rings is 1. The largest absolute Gasteiger partial charge is 0.469 e. The van der Waals surface area contributed by atoms with Crippen LogP contribution in [0.5, 0.6) is 0 Å². The predicted octanol–water partition coefficient (Wildman–Crippen LogP) is 0.773. The molecule has 0 radical (unpaired) electrons. The molecule has 0 aromatic heterocycles. The van der Waals surface area contributed by atoms with Crippen molar-refractivity contribution in [3.05, 3.63) is 35.9 Å². The van der Waals surface area contributed by atoms with Crippen molar-refractivity contribution in [2.24, 2.45) is 0 Å². The molecule has 178 valence electrons. The van der Waals surface area contributed by atoms with Gasteiger partial charge in [0.25, 0.3) is 0 Å². The minimum atomic E-state index is -0.893. The highest BCUT2D eigenvalue weighted by Gasteiger charge is 2.64. The molecule has 0 bridgehead atoms. The van der Waals surface area contributed by atoms with Crippen LogP contribution in [0.15, 0.2) is 30.3 Å². The maximum atomic E-state index is 12.8. The molecule has 2 fully saturated rings. The molecule has 2 aliphatic rings. The third-order valence-corrected chi connectivity index (χ3v) is 6.94. The van der Waals surface area contributed by atoms with Crippen LogP contribution < -0.4 is 5.32 Å². The zero-order valence-corrected chi connectivity index (χ0v) is 19.4. The molecule has 2 heterocycles. The third kappa shape index (κ3) is 5.65. The third-order valence-electron chi connectivity index (χ3n) is 5.37. The number of hydrogen-bond acceptors (Lipinski definition) is 9. The standard InChI is InChI=1S/C22H26N2O8S/c1-22(2)18(21(29)32-12-31-16(27)10-9-15(26)30-3)24-19(28)17(20(24)33-22)23-14(25)11-13-7-5-4-6-8-13/h4-8,17-18,20H,9-12H2,1-3H3,(H,23,25)/t17-,18?,20-/m1/s1. The molecule has 2 amide bonds. The summed E-state index contributed by atoms with van der Waals surface area (Å²) in [5.41, 5.74) is 0.834. The summed E-state index contributed by atoms with van der Waals surface area (Å²) >= 11 is 1.40. The zero-order valence-electron chi connectivity index (χ0n) is 18.6. The molecule has 33 heavy (non-hydrogen) atoms. The molecule has 3 atom stereocenters. The van der Waals surface area contributed by atoms with Crippen LogP contribution in [0.3, 0.4) is 0 Å². The van der Waals surface area contributed by atoms with Crippen LogP contribution in [0.2, 0.25) is 0 Å². The Hall–Kier alpha value is -3.08. The predicted molar refractivity (Wildman–Crippen MR) is 116 cm³/mol. The van der Waals surface area contributed by atoms with Crippen LogP contribution in [-0.4, -0.2) is 70.7 Å². The Morgan fingerprint density at radius 2 is 1.73 bits per heavy atom. The second kappa shape index (κ2) is 10.2. The van der Waals surface area contributed by atoms with E-state index in [1.54, 1.807) is 13.8 Å². The lowest BCUT2D eigenvalue weighted by Crippen LogP contribution is -2.70. The van der Waals surface area contributed by atoms with Gasteiger partial charge in [-0.3, -0.25) is 19.2 Å². The number of rotatable bonds is 9. The van der Waals surface area contributed by atoms with E-state index in [9.17, 15) is 24.0 Å². The molecule has 0 spiro atoms. The van der Waals surface area contributed by atoms with Gasteiger partial charge in [0, 0.05) is 4.75 Å². The van der Waals surface area contributed by atoms with Crippen molar-refractivity contribution in [1.82, 2.24) is 10.2 Å². The number of methoxy groups -OCH3 is 1. The Morgan fingerprint density at radius 1 is 1.06 bits per heavy atom. The Morgan fingerprint density at radius 3 is 2.39 bits per heavy atom. The van der Waals surface area contributed by atoms with Gasteiger partial charge in [-0.25, -0.2) is 4.79 Å². The number of hydrogen-bond donors (Lipinski definition) is 1. The monoisotopic (exact) mass is 478 g/mol. The van der Waals surface area contributed by atoms with Crippen molar-refractivity contribution in [2.75, 3.05) is 13.9 Å². The second-order valence-corrected chi connectivity index (χ2v) is 9.91. The van der Waals surface area contributed by atoms with Gasteiger partial charge < -0.3 is 24.4 Å². The Bertz CT molecular complexity index is 936. The molecular formula is C22H26N2O8S. The number of ether oxygens (including phenoxy) is 3. The fourth-order valence-corrected chi connectivity index (χ4v) is 5.36. The van der Waals surface area contributed by atoms with Gasteiger partial charge in [0.2, 0.25) is 18.6 Å². The fraction of sp³-hybridized carbons (Fsp3) is 0.500. The Labute approximate surface area is 195 Å².